The van der Waals surface area contributed by atoms with Gasteiger partial charge in [-0.2, -0.15) is 0 Å². The standard InChI is InChI=1S/C15H23Br/c1-12(2)8-7-9-13(3)15(16)14-10-5-4-6-11-14/h4-6,10-13,15H,7-9H2,1-3H3. The zero-order chi connectivity index (χ0) is 12.0. The SMILES string of the molecule is CC(C)CCCC(C)C(Br)c1ccccc1. The molecule has 0 fully saturated rings. The third-order valence-corrected chi connectivity index (χ3v) is 4.49. The van der Waals surface area contributed by atoms with Crippen LogP contribution in [0.25, 0.3) is 0 Å². The van der Waals surface area contributed by atoms with Gasteiger partial charge in [-0.1, -0.05) is 79.9 Å². The maximum absolute atomic E-state index is 3.82. The Labute approximate surface area is 109 Å². The summed E-state index contributed by atoms with van der Waals surface area (Å²) >= 11 is 3.82. The first-order valence-electron chi connectivity index (χ1n) is 6.30. The van der Waals surface area contributed by atoms with Crippen molar-refractivity contribution in [2.75, 3.05) is 0 Å². The highest BCUT2D eigenvalue weighted by atomic mass is 79.9. The molecule has 0 amide bonds. The molecule has 0 saturated carbocycles. The van der Waals surface area contributed by atoms with Crippen LogP contribution in [0.15, 0.2) is 30.3 Å². The summed E-state index contributed by atoms with van der Waals surface area (Å²) in [5.74, 6) is 1.54. The van der Waals surface area contributed by atoms with E-state index in [0.717, 1.165) is 5.92 Å². The molecule has 2 atom stereocenters. The number of rotatable bonds is 6. The lowest BCUT2D eigenvalue weighted by atomic mass is 9.94. The minimum Gasteiger partial charge on any atom is -0.0836 e. The fraction of sp³-hybridized carbons (Fsp3) is 0.600. The topological polar surface area (TPSA) is 0 Å². The van der Waals surface area contributed by atoms with Crippen molar-refractivity contribution in [3.63, 3.8) is 0 Å². The predicted octanol–water partition coefficient (Wildman–Crippen LogP) is 5.59. The number of hydrogen-bond donors (Lipinski definition) is 0. The largest absolute Gasteiger partial charge is 0.0836 e. The Morgan fingerprint density at radius 2 is 1.62 bits per heavy atom. The van der Waals surface area contributed by atoms with Crippen LogP contribution >= 0.6 is 15.9 Å². The predicted molar refractivity (Wildman–Crippen MR) is 76.0 cm³/mol. The van der Waals surface area contributed by atoms with Gasteiger partial charge in [0, 0.05) is 4.83 Å². The molecule has 0 aliphatic rings. The van der Waals surface area contributed by atoms with Crippen LogP contribution in [-0.2, 0) is 0 Å². The monoisotopic (exact) mass is 282 g/mol. The first-order chi connectivity index (χ1) is 7.61. The molecule has 0 aliphatic carbocycles. The van der Waals surface area contributed by atoms with E-state index in [0.29, 0.717) is 10.7 Å². The van der Waals surface area contributed by atoms with Crippen molar-refractivity contribution in [2.24, 2.45) is 11.8 Å². The fourth-order valence-electron chi connectivity index (χ4n) is 1.96. The lowest BCUT2D eigenvalue weighted by Gasteiger charge is -2.19. The van der Waals surface area contributed by atoms with Crippen molar-refractivity contribution in [3.05, 3.63) is 35.9 Å². The molecule has 0 nitrogen and oxygen atoms in total. The lowest BCUT2D eigenvalue weighted by molar-refractivity contribution is 0.454. The van der Waals surface area contributed by atoms with Crippen molar-refractivity contribution in [1.29, 1.82) is 0 Å². The summed E-state index contributed by atoms with van der Waals surface area (Å²) in [6, 6.07) is 10.7. The number of hydrogen-bond acceptors (Lipinski definition) is 0. The maximum atomic E-state index is 3.82. The van der Waals surface area contributed by atoms with Crippen LogP contribution in [0, 0.1) is 11.8 Å². The smallest absolute Gasteiger partial charge is 0.0420 e. The molecule has 1 heteroatoms. The van der Waals surface area contributed by atoms with Crippen LogP contribution in [0.2, 0.25) is 0 Å². The highest BCUT2D eigenvalue weighted by Crippen LogP contribution is 2.33. The molecule has 1 aromatic carbocycles. The molecule has 0 aromatic heterocycles. The van der Waals surface area contributed by atoms with Gasteiger partial charge in [0.2, 0.25) is 0 Å². The Bertz CT molecular complexity index is 279. The number of halogens is 1. The average Bonchev–Trinajstić information content (AvgIpc) is 2.28. The van der Waals surface area contributed by atoms with Gasteiger partial charge in [-0.05, 0) is 23.8 Å². The molecule has 0 radical (unpaired) electrons. The Morgan fingerprint density at radius 1 is 1.00 bits per heavy atom. The van der Waals surface area contributed by atoms with E-state index < -0.39 is 0 Å². The van der Waals surface area contributed by atoms with Gasteiger partial charge in [0.1, 0.15) is 0 Å². The summed E-state index contributed by atoms with van der Waals surface area (Å²) in [7, 11) is 0. The molecule has 1 rings (SSSR count). The van der Waals surface area contributed by atoms with Gasteiger partial charge in [0.15, 0.2) is 0 Å². The van der Waals surface area contributed by atoms with Gasteiger partial charge in [-0.3, -0.25) is 0 Å². The zero-order valence-corrected chi connectivity index (χ0v) is 12.2. The summed E-state index contributed by atoms with van der Waals surface area (Å²) in [6.07, 6.45) is 4.00. The van der Waals surface area contributed by atoms with E-state index in [1.165, 1.54) is 24.8 Å². The van der Waals surface area contributed by atoms with Crippen molar-refractivity contribution < 1.29 is 0 Å². The molecule has 0 bridgehead atoms. The first-order valence-corrected chi connectivity index (χ1v) is 7.22. The Kier molecular flexibility index (Phi) is 6.12. The molecular formula is C15H23Br. The van der Waals surface area contributed by atoms with Gasteiger partial charge in [-0.15, -0.1) is 0 Å². The van der Waals surface area contributed by atoms with Gasteiger partial charge < -0.3 is 0 Å². The Hall–Kier alpha value is -0.300. The molecule has 2 unspecified atom stereocenters. The van der Waals surface area contributed by atoms with Crippen LogP contribution in [0.1, 0.15) is 50.4 Å². The molecule has 1 aromatic rings. The normalized spacial score (nSPS) is 15.1. The highest BCUT2D eigenvalue weighted by Gasteiger charge is 2.15. The van der Waals surface area contributed by atoms with E-state index >= 15 is 0 Å². The number of benzene rings is 1. The molecule has 0 aliphatic heterocycles. The molecule has 16 heavy (non-hydrogen) atoms. The van der Waals surface area contributed by atoms with Crippen molar-refractivity contribution in [3.8, 4) is 0 Å². The molecule has 0 N–H and O–H groups in total. The summed E-state index contributed by atoms with van der Waals surface area (Å²) in [6.45, 7) is 6.94. The van der Waals surface area contributed by atoms with Crippen LogP contribution in [0.3, 0.4) is 0 Å². The zero-order valence-electron chi connectivity index (χ0n) is 10.6. The van der Waals surface area contributed by atoms with Crippen LogP contribution < -0.4 is 0 Å². The summed E-state index contributed by atoms with van der Waals surface area (Å²) < 4.78 is 0. The van der Waals surface area contributed by atoms with Gasteiger partial charge in [0.25, 0.3) is 0 Å². The average molecular weight is 283 g/mol. The maximum Gasteiger partial charge on any atom is 0.0420 e. The van der Waals surface area contributed by atoms with Crippen LogP contribution in [0.5, 0.6) is 0 Å². The van der Waals surface area contributed by atoms with E-state index in [2.05, 4.69) is 67.0 Å². The van der Waals surface area contributed by atoms with E-state index in [1.807, 2.05) is 0 Å². The third kappa shape index (κ3) is 4.69. The minimum atomic E-state index is 0.501. The van der Waals surface area contributed by atoms with Crippen molar-refractivity contribution in [1.82, 2.24) is 0 Å². The van der Waals surface area contributed by atoms with E-state index in [9.17, 15) is 0 Å². The minimum absolute atomic E-state index is 0.501. The lowest BCUT2D eigenvalue weighted by Crippen LogP contribution is -2.04. The van der Waals surface area contributed by atoms with E-state index in [-0.39, 0.29) is 0 Å². The molecule has 0 spiro atoms. The van der Waals surface area contributed by atoms with Crippen molar-refractivity contribution in [2.45, 2.75) is 44.9 Å². The quantitative estimate of drug-likeness (QED) is 0.597. The molecule has 0 saturated heterocycles. The second-order valence-corrected chi connectivity index (χ2v) is 6.10. The second-order valence-electron chi connectivity index (χ2n) is 5.11. The number of alkyl halides is 1. The second kappa shape index (κ2) is 7.11. The first kappa shape index (κ1) is 13.8. The third-order valence-electron chi connectivity index (χ3n) is 3.06. The Balaban J connectivity index is 2.39. The molecule has 0 heterocycles. The van der Waals surface area contributed by atoms with Crippen molar-refractivity contribution >= 4 is 15.9 Å². The highest BCUT2D eigenvalue weighted by molar-refractivity contribution is 9.09. The summed E-state index contributed by atoms with van der Waals surface area (Å²) in [4.78, 5) is 0.501. The summed E-state index contributed by atoms with van der Waals surface area (Å²) in [5.41, 5.74) is 1.40. The van der Waals surface area contributed by atoms with E-state index in [4.69, 9.17) is 0 Å². The van der Waals surface area contributed by atoms with Gasteiger partial charge >= 0.3 is 0 Å². The van der Waals surface area contributed by atoms with Crippen LogP contribution in [0.4, 0.5) is 0 Å². The van der Waals surface area contributed by atoms with Gasteiger partial charge in [-0.25, -0.2) is 0 Å². The van der Waals surface area contributed by atoms with E-state index in [1.54, 1.807) is 0 Å². The molecular weight excluding hydrogens is 260 g/mol. The van der Waals surface area contributed by atoms with Gasteiger partial charge in [0.05, 0.1) is 0 Å². The summed E-state index contributed by atoms with van der Waals surface area (Å²) in [5, 5.41) is 0. The molecule has 90 valence electrons. The fourth-order valence-corrected chi connectivity index (χ4v) is 2.53. The van der Waals surface area contributed by atoms with Crippen LogP contribution in [-0.4, -0.2) is 0 Å². The Morgan fingerprint density at radius 3 is 2.19 bits per heavy atom.